The van der Waals surface area contributed by atoms with Crippen molar-refractivity contribution < 1.29 is 43.3 Å². The Morgan fingerprint density at radius 1 is 0.965 bits per heavy atom. The van der Waals surface area contributed by atoms with Gasteiger partial charge in [0, 0.05) is 45.2 Å². The van der Waals surface area contributed by atoms with Gasteiger partial charge in [-0.05, 0) is 42.9 Å². The lowest BCUT2D eigenvalue weighted by atomic mass is 9.83. The molecule has 2 unspecified atom stereocenters. The summed E-state index contributed by atoms with van der Waals surface area (Å²) in [5.41, 5.74) is 1.06. The SMILES string of the molecule is CCCC(NC(=O)[C@@H]1C[C@@H]2CN1C(=O)[C@H](C1CCCCC1)NC(=O)Nc1cccc(c1)OCCCO2)C(O)C(=O)NCC(=O)N[C@H](C(=O)N(C)C)c1ccccc1. The Morgan fingerprint density at radius 2 is 1.72 bits per heavy atom. The molecule has 0 spiro atoms. The molecule has 0 radical (unpaired) electrons. The maximum Gasteiger partial charge on any atom is 0.319 e. The van der Waals surface area contributed by atoms with Crippen LogP contribution in [-0.2, 0) is 28.7 Å². The van der Waals surface area contributed by atoms with Gasteiger partial charge in [-0.1, -0.05) is 69.0 Å². The average molecular weight is 792 g/mol. The van der Waals surface area contributed by atoms with E-state index in [9.17, 15) is 33.9 Å². The van der Waals surface area contributed by atoms with Gasteiger partial charge in [0.15, 0.2) is 6.10 Å². The summed E-state index contributed by atoms with van der Waals surface area (Å²) >= 11 is 0. The number of nitrogens with one attached hydrogen (secondary N) is 5. The number of ether oxygens (including phenoxy) is 2. The normalized spacial score (nSPS) is 22.1. The highest BCUT2D eigenvalue weighted by Gasteiger charge is 2.45. The van der Waals surface area contributed by atoms with Crippen molar-refractivity contribution in [1.29, 1.82) is 0 Å². The van der Waals surface area contributed by atoms with Gasteiger partial charge >= 0.3 is 6.03 Å². The van der Waals surface area contributed by atoms with Crippen LogP contribution in [0.5, 0.6) is 5.75 Å². The van der Waals surface area contributed by atoms with Gasteiger partial charge in [0.2, 0.25) is 23.6 Å². The molecule has 1 aliphatic carbocycles. The third-order valence-electron chi connectivity index (χ3n) is 10.7. The number of likely N-dealkylation sites (N-methyl/N-ethyl adjacent to an activating group) is 1. The van der Waals surface area contributed by atoms with Crippen molar-refractivity contribution in [3.63, 3.8) is 0 Å². The minimum Gasteiger partial charge on any atom is -0.493 e. The number of hydrogen-bond acceptors (Lipinski definition) is 9. The van der Waals surface area contributed by atoms with Crippen LogP contribution in [0.4, 0.5) is 10.5 Å². The monoisotopic (exact) mass is 791 g/mol. The molecule has 2 heterocycles. The first-order chi connectivity index (χ1) is 27.4. The highest BCUT2D eigenvalue weighted by molar-refractivity contribution is 5.96. The molecule has 16 heteroatoms. The van der Waals surface area contributed by atoms with Crippen LogP contribution in [0.15, 0.2) is 54.6 Å². The Morgan fingerprint density at radius 3 is 2.44 bits per heavy atom. The van der Waals surface area contributed by atoms with Crippen LogP contribution < -0.4 is 31.3 Å². The van der Waals surface area contributed by atoms with Crippen molar-refractivity contribution in [1.82, 2.24) is 31.1 Å². The number of carbonyl (C=O) groups is 6. The number of urea groups is 1. The maximum atomic E-state index is 14.5. The van der Waals surface area contributed by atoms with Crippen molar-refractivity contribution in [2.45, 2.75) is 101 Å². The maximum absolute atomic E-state index is 14.5. The summed E-state index contributed by atoms with van der Waals surface area (Å²) < 4.78 is 12.0. The summed E-state index contributed by atoms with van der Waals surface area (Å²) in [6.45, 7) is 2.08. The zero-order valence-corrected chi connectivity index (χ0v) is 33.0. The van der Waals surface area contributed by atoms with Crippen LogP contribution in [0.1, 0.15) is 76.3 Å². The largest absolute Gasteiger partial charge is 0.493 e. The molecule has 310 valence electrons. The van der Waals surface area contributed by atoms with E-state index in [1.807, 2.05) is 6.92 Å². The standard InChI is InChI=1S/C41H57N7O9/c1-4-13-31(36(50)38(52)42-24-33(49)45-34(39(53)47(2)3)26-14-7-5-8-15-26)44-37(51)32-23-30-25-48(32)40(54)35(27-16-9-6-10-17-27)46-41(55)43-28-18-11-19-29(22-28)56-20-12-21-57-30/h5,7-8,11,14-15,18-19,22,27,30-32,34-36,50H,4,6,9-10,12-13,16-17,20-21,23-25H2,1-3H3,(H,42,52)(H,44,51)(H,45,49)(H2,43,46,55)/t30-,31?,32+,34+,35+,36?/m1/s1. The molecule has 2 aromatic rings. The number of nitrogens with zero attached hydrogens (tertiary/aromatic N) is 2. The van der Waals surface area contributed by atoms with Crippen molar-refractivity contribution >= 4 is 41.3 Å². The third-order valence-corrected chi connectivity index (χ3v) is 10.7. The Kier molecular flexibility index (Phi) is 15.7. The summed E-state index contributed by atoms with van der Waals surface area (Å²) in [6, 6.07) is 11.2. The van der Waals surface area contributed by atoms with E-state index in [4.69, 9.17) is 9.47 Å². The summed E-state index contributed by atoms with van der Waals surface area (Å²) in [5, 5.41) is 24.8. The highest BCUT2D eigenvalue weighted by Crippen LogP contribution is 2.31. The number of rotatable bonds is 12. The summed E-state index contributed by atoms with van der Waals surface area (Å²) in [5.74, 6) is -2.45. The second-order valence-corrected chi connectivity index (χ2v) is 15.1. The second-order valence-electron chi connectivity index (χ2n) is 15.1. The minimum absolute atomic E-state index is 0.111. The molecule has 57 heavy (non-hydrogen) atoms. The molecule has 2 aromatic carbocycles. The van der Waals surface area contributed by atoms with Crippen molar-refractivity contribution in [3.05, 3.63) is 60.2 Å². The van der Waals surface area contributed by atoms with Gasteiger partial charge in [-0.15, -0.1) is 0 Å². The molecular formula is C41H57N7O9. The van der Waals surface area contributed by atoms with E-state index < -0.39 is 72.6 Å². The van der Waals surface area contributed by atoms with E-state index in [2.05, 4.69) is 26.6 Å². The predicted octanol–water partition coefficient (Wildman–Crippen LogP) is 2.23. The topological polar surface area (TPSA) is 208 Å². The number of carbonyl (C=O) groups excluding carboxylic acids is 6. The molecule has 2 fully saturated rings. The Balaban J connectivity index is 1.28. The number of hydrogen-bond donors (Lipinski definition) is 6. The summed E-state index contributed by atoms with van der Waals surface area (Å²) in [4.78, 5) is 83.9. The zero-order chi connectivity index (χ0) is 40.9. The first kappa shape index (κ1) is 42.9. The van der Waals surface area contributed by atoms with Crippen LogP contribution in [0.2, 0.25) is 0 Å². The fourth-order valence-corrected chi connectivity index (χ4v) is 7.67. The molecule has 16 nitrogen and oxygen atoms in total. The summed E-state index contributed by atoms with van der Waals surface area (Å²) in [6.07, 6.45) is 3.52. The van der Waals surface area contributed by atoms with Gasteiger partial charge in [-0.2, -0.15) is 0 Å². The molecular weight excluding hydrogens is 734 g/mol. The molecule has 0 aromatic heterocycles. The van der Waals surface area contributed by atoms with E-state index in [1.54, 1.807) is 68.7 Å². The second kappa shape index (κ2) is 20.8. The third kappa shape index (κ3) is 11.9. The van der Waals surface area contributed by atoms with Crippen molar-refractivity contribution in [3.8, 4) is 5.75 Å². The molecule has 6 N–H and O–H groups in total. The van der Waals surface area contributed by atoms with E-state index in [1.165, 1.54) is 9.80 Å². The smallest absolute Gasteiger partial charge is 0.319 e. The van der Waals surface area contributed by atoms with E-state index in [0.717, 1.165) is 32.1 Å². The highest BCUT2D eigenvalue weighted by atomic mass is 16.5. The molecule has 2 aliphatic heterocycles. The molecule has 7 amide bonds. The van der Waals surface area contributed by atoms with Crippen LogP contribution in [-0.4, -0.2) is 121 Å². The molecule has 1 saturated carbocycles. The van der Waals surface area contributed by atoms with Crippen LogP contribution in [0.25, 0.3) is 0 Å². The Bertz CT molecular complexity index is 1700. The lowest BCUT2D eigenvalue weighted by Gasteiger charge is -2.35. The van der Waals surface area contributed by atoms with E-state index in [-0.39, 0.29) is 31.2 Å². The average Bonchev–Trinajstić information content (AvgIpc) is 3.65. The van der Waals surface area contributed by atoms with Gasteiger partial charge < -0.3 is 51.0 Å². The number of amides is 7. The number of anilines is 1. The number of aliphatic hydroxyl groups excluding tert-OH is 1. The number of aliphatic hydroxyl groups is 1. The Labute approximate surface area is 333 Å². The quantitative estimate of drug-likeness (QED) is 0.186. The molecule has 3 aliphatic rings. The van der Waals surface area contributed by atoms with Crippen molar-refractivity contribution in [2.75, 3.05) is 45.7 Å². The summed E-state index contributed by atoms with van der Waals surface area (Å²) in [7, 11) is 3.14. The fraction of sp³-hybridized carbons (Fsp3) is 0.561. The van der Waals surface area contributed by atoms with Crippen LogP contribution in [0, 0.1) is 5.92 Å². The van der Waals surface area contributed by atoms with Crippen molar-refractivity contribution in [2.24, 2.45) is 5.92 Å². The molecule has 6 atom stereocenters. The lowest BCUT2D eigenvalue weighted by Crippen LogP contribution is -2.59. The van der Waals surface area contributed by atoms with Gasteiger partial charge in [-0.25, -0.2) is 4.79 Å². The predicted molar refractivity (Wildman–Crippen MR) is 211 cm³/mol. The van der Waals surface area contributed by atoms with Crippen LogP contribution >= 0.6 is 0 Å². The molecule has 4 bridgehead atoms. The fourth-order valence-electron chi connectivity index (χ4n) is 7.67. The van der Waals surface area contributed by atoms with Gasteiger partial charge in [0.1, 0.15) is 23.9 Å². The van der Waals surface area contributed by atoms with E-state index in [0.29, 0.717) is 43.1 Å². The van der Waals surface area contributed by atoms with Gasteiger partial charge in [0.05, 0.1) is 31.9 Å². The first-order valence-corrected chi connectivity index (χ1v) is 20.0. The molecule has 1 saturated heterocycles. The minimum atomic E-state index is -1.74. The van der Waals surface area contributed by atoms with Crippen LogP contribution in [0.3, 0.4) is 0 Å². The Hall–Kier alpha value is -5.22. The first-order valence-electron chi connectivity index (χ1n) is 20.0. The van der Waals surface area contributed by atoms with Gasteiger partial charge in [-0.3, -0.25) is 24.0 Å². The van der Waals surface area contributed by atoms with Gasteiger partial charge in [0.25, 0.3) is 5.91 Å². The molecule has 5 rings (SSSR count). The number of benzene rings is 2. The van der Waals surface area contributed by atoms with E-state index >= 15 is 0 Å². The zero-order valence-electron chi connectivity index (χ0n) is 33.0. The lowest BCUT2D eigenvalue weighted by molar-refractivity contribution is -0.142. The number of fused-ring (bicyclic) bond motifs is 4.